The fourth-order valence-electron chi connectivity index (χ4n) is 3.32. The van der Waals surface area contributed by atoms with Gasteiger partial charge in [0, 0.05) is 31.4 Å². The molecule has 0 amide bonds. The van der Waals surface area contributed by atoms with Crippen molar-refractivity contribution in [2.24, 2.45) is 7.05 Å². The van der Waals surface area contributed by atoms with Gasteiger partial charge in [0.25, 0.3) is 0 Å². The van der Waals surface area contributed by atoms with E-state index in [1.54, 1.807) is 12.1 Å². The van der Waals surface area contributed by atoms with Gasteiger partial charge in [0.05, 0.1) is 5.69 Å². The Hall–Kier alpha value is -1.81. The van der Waals surface area contributed by atoms with E-state index >= 15 is 0 Å². The first-order valence-corrected chi connectivity index (χ1v) is 7.71. The van der Waals surface area contributed by atoms with Gasteiger partial charge in [-0.15, -0.1) is 0 Å². The van der Waals surface area contributed by atoms with E-state index in [2.05, 4.69) is 23.1 Å². The molecule has 1 fully saturated rings. The highest BCUT2D eigenvalue weighted by atomic mass is 16.3. The van der Waals surface area contributed by atoms with Gasteiger partial charge in [-0.25, -0.2) is 0 Å². The smallest absolute Gasteiger partial charge is 0.115 e. The lowest BCUT2D eigenvalue weighted by Gasteiger charge is -2.24. The van der Waals surface area contributed by atoms with Crippen molar-refractivity contribution in [1.29, 1.82) is 0 Å². The summed E-state index contributed by atoms with van der Waals surface area (Å²) in [6, 6.07) is 8.11. The number of nitrogens with zero attached hydrogens (tertiary/aromatic N) is 3. The van der Waals surface area contributed by atoms with Gasteiger partial charge in [0.1, 0.15) is 5.75 Å². The molecule has 3 rings (SSSR count). The van der Waals surface area contributed by atoms with Crippen LogP contribution in [0.5, 0.6) is 5.75 Å². The van der Waals surface area contributed by atoms with Crippen LogP contribution in [0.4, 0.5) is 0 Å². The highest BCUT2D eigenvalue weighted by Crippen LogP contribution is 2.34. The zero-order chi connectivity index (χ0) is 14.8. The molecule has 1 aliphatic rings. The predicted molar refractivity (Wildman–Crippen MR) is 83.1 cm³/mol. The molecule has 0 spiro atoms. The third-order valence-electron chi connectivity index (χ3n) is 4.34. The Labute approximate surface area is 126 Å². The molecule has 4 heteroatoms. The molecule has 0 radical (unpaired) electrons. The van der Waals surface area contributed by atoms with Gasteiger partial charge in [-0.2, -0.15) is 5.10 Å². The SMILES string of the molecule is CCc1nn(C)cc1CN1CCC[C@@H]1c1ccc(O)cc1. The van der Waals surface area contributed by atoms with Gasteiger partial charge in [-0.3, -0.25) is 9.58 Å². The molecule has 1 saturated heterocycles. The first-order chi connectivity index (χ1) is 10.2. The molecular formula is C17H23N3O. The van der Waals surface area contributed by atoms with Gasteiger partial charge in [-0.05, 0) is 43.5 Å². The Morgan fingerprint density at radius 2 is 2.05 bits per heavy atom. The molecule has 112 valence electrons. The fourth-order valence-corrected chi connectivity index (χ4v) is 3.32. The van der Waals surface area contributed by atoms with E-state index in [1.807, 2.05) is 23.9 Å². The molecule has 1 N–H and O–H groups in total. The van der Waals surface area contributed by atoms with E-state index in [1.165, 1.54) is 29.7 Å². The van der Waals surface area contributed by atoms with E-state index in [0.29, 0.717) is 11.8 Å². The maximum Gasteiger partial charge on any atom is 0.115 e. The zero-order valence-electron chi connectivity index (χ0n) is 12.8. The second-order valence-corrected chi connectivity index (χ2v) is 5.85. The van der Waals surface area contributed by atoms with E-state index in [4.69, 9.17) is 0 Å². The van der Waals surface area contributed by atoms with Crippen LogP contribution in [0.2, 0.25) is 0 Å². The van der Waals surface area contributed by atoms with Crippen LogP contribution < -0.4 is 0 Å². The minimum absolute atomic E-state index is 0.337. The van der Waals surface area contributed by atoms with Crippen LogP contribution in [-0.2, 0) is 20.0 Å². The molecule has 0 aliphatic carbocycles. The van der Waals surface area contributed by atoms with Gasteiger partial charge in [-0.1, -0.05) is 19.1 Å². The lowest BCUT2D eigenvalue weighted by atomic mass is 10.0. The normalized spacial score (nSPS) is 19.2. The zero-order valence-corrected chi connectivity index (χ0v) is 12.8. The fraction of sp³-hybridized carbons (Fsp3) is 0.471. The Kier molecular flexibility index (Phi) is 3.97. The van der Waals surface area contributed by atoms with Crippen molar-refractivity contribution in [3.05, 3.63) is 47.3 Å². The van der Waals surface area contributed by atoms with Crippen molar-refractivity contribution in [1.82, 2.24) is 14.7 Å². The van der Waals surface area contributed by atoms with E-state index < -0.39 is 0 Å². The van der Waals surface area contributed by atoms with Crippen molar-refractivity contribution < 1.29 is 5.11 Å². The summed E-state index contributed by atoms with van der Waals surface area (Å²) in [7, 11) is 1.99. The summed E-state index contributed by atoms with van der Waals surface area (Å²) in [4.78, 5) is 2.53. The van der Waals surface area contributed by atoms with Crippen LogP contribution in [0.15, 0.2) is 30.5 Å². The largest absolute Gasteiger partial charge is 0.508 e. The molecule has 0 saturated carbocycles. The van der Waals surface area contributed by atoms with E-state index in [-0.39, 0.29) is 0 Å². The second kappa shape index (κ2) is 5.90. The molecular weight excluding hydrogens is 262 g/mol. The topological polar surface area (TPSA) is 41.3 Å². The summed E-state index contributed by atoms with van der Waals surface area (Å²) >= 11 is 0. The third kappa shape index (κ3) is 2.95. The molecule has 0 bridgehead atoms. The molecule has 1 aliphatic heterocycles. The number of hydrogen-bond donors (Lipinski definition) is 1. The van der Waals surface area contributed by atoms with Crippen molar-refractivity contribution in [3.63, 3.8) is 0 Å². The van der Waals surface area contributed by atoms with Gasteiger partial charge in [0.15, 0.2) is 0 Å². The Balaban J connectivity index is 1.79. The quantitative estimate of drug-likeness (QED) is 0.939. The van der Waals surface area contributed by atoms with Crippen LogP contribution in [0.25, 0.3) is 0 Å². The highest BCUT2D eigenvalue weighted by molar-refractivity contribution is 5.29. The number of benzene rings is 1. The Morgan fingerprint density at radius 3 is 2.76 bits per heavy atom. The Bertz CT molecular complexity index is 603. The molecule has 2 heterocycles. The third-order valence-corrected chi connectivity index (χ3v) is 4.34. The van der Waals surface area contributed by atoms with Crippen molar-refractivity contribution in [2.75, 3.05) is 6.54 Å². The van der Waals surface area contributed by atoms with Crippen LogP contribution in [-0.4, -0.2) is 26.3 Å². The van der Waals surface area contributed by atoms with Gasteiger partial charge < -0.3 is 5.11 Å². The summed E-state index contributed by atoms with van der Waals surface area (Å²) in [5, 5.41) is 14.0. The average molecular weight is 285 g/mol. The predicted octanol–water partition coefficient (Wildman–Crippen LogP) is 3.03. The number of phenolic OH excluding ortho intramolecular Hbond substituents is 1. The van der Waals surface area contributed by atoms with Crippen molar-refractivity contribution >= 4 is 0 Å². The summed E-state index contributed by atoms with van der Waals surface area (Å²) in [6.07, 6.45) is 5.54. The molecule has 1 aromatic heterocycles. The monoisotopic (exact) mass is 285 g/mol. The summed E-state index contributed by atoms with van der Waals surface area (Å²) in [6.45, 7) is 4.25. The molecule has 2 aromatic rings. The van der Waals surface area contributed by atoms with Crippen molar-refractivity contribution in [2.45, 2.75) is 38.8 Å². The molecule has 1 atom stereocenters. The minimum Gasteiger partial charge on any atom is -0.508 e. The summed E-state index contributed by atoms with van der Waals surface area (Å²) in [5.74, 6) is 0.337. The average Bonchev–Trinajstić information content (AvgIpc) is 3.07. The first-order valence-electron chi connectivity index (χ1n) is 7.71. The summed E-state index contributed by atoms with van der Waals surface area (Å²) < 4.78 is 1.92. The minimum atomic E-state index is 0.337. The molecule has 4 nitrogen and oxygen atoms in total. The standard InChI is InChI=1S/C17H23N3O/c1-3-16-14(11-19(2)18-16)12-20-10-4-5-17(20)13-6-8-15(21)9-7-13/h6-9,11,17,21H,3-5,10,12H2,1-2H3/t17-/m1/s1. The second-order valence-electron chi connectivity index (χ2n) is 5.85. The number of phenols is 1. The molecule has 1 aromatic carbocycles. The van der Waals surface area contributed by atoms with Gasteiger partial charge >= 0.3 is 0 Å². The van der Waals surface area contributed by atoms with E-state index in [0.717, 1.165) is 19.5 Å². The molecule has 0 unspecified atom stereocenters. The number of aromatic hydroxyl groups is 1. The number of likely N-dealkylation sites (tertiary alicyclic amines) is 1. The maximum atomic E-state index is 9.45. The van der Waals surface area contributed by atoms with Crippen molar-refractivity contribution in [3.8, 4) is 5.75 Å². The lowest BCUT2D eigenvalue weighted by molar-refractivity contribution is 0.247. The van der Waals surface area contributed by atoms with E-state index in [9.17, 15) is 5.11 Å². The first kappa shape index (κ1) is 14.1. The number of hydrogen-bond acceptors (Lipinski definition) is 3. The highest BCUT2D eigenvalue weighted by Gasteiger charge is 2.26. The number of aryl methyl sites for hydroxylation is 2. The lowest BCUT2D eigenvalue weighted by Crippen LogP contribution is -2.23. The number of aromatic nitrogens is 2. The Morgan fingerprint density at radius 1 is 1.29 bits per heavy atom. The van der Waals surface area contributed by atoms with Crippen LogP contribution in [0.1, 0.15) is 42.6 Å². The molecule has 21 heavy (non-hydrogen) atoms. The number of rotatable bonds is 4. The summed E-state index contributed by atoms with van der Waals surface area (Å²) in [5.41, 5.74) is 3.84. The van der Waals surface area contributed by atoms with Crippen LogP contribution in [0.3, 0.4) is 0 Å². The maximum absolute atomic E-state index is 9.45. The van der Waals surface area contributed by atoms with Gasteiger partial charge in [0.2, 0.25) is 0 Å². The van der Waals surface area contributed by atoms with Crippen LogP contribution in [0, 0.1) is 0 Å². The van der Waals surface area contributed by atoms with Crippen LogP contribution >= 0.6 is 0 Å².